The van der Waals surface area contributed by atoms with E-state index in [9.17, 15) is 9.59 Å². The predicted molar refractivity (Wildman–Crippen MR) is 91.4 cm³/mol. The van der Waals surface area contributed by atoms with Gasteiger partial charge in [0, 0.05) is 18.1 Å². The maximum Gasteiger partial charge on any atom is 0.307 e. The molecule has 2 atom stereocenters. The van der Waals surface area contributed by atoms with E-state index in [-0.39, 0.29) is 28.4 Å². The van der Waals surface area contributed by atoms with Crippen molar-refractivity contribution in [3.8, 4) is 0 Å². The van der Waals surface area contributed by atoms with Gasteiger partial charge in [-0.1, -0.05) is 41.7 Å². The van der Waals surface area contributed by atoms with Gasteiger partial charge in [-0.25, -0.2) is 0 Å². The lowest BCUT2D eigenvalue weighted by Crippen LogP contribution is -2.45. The lowest BCUT2D eigenvalue weighted by atomic mass is 9.90. The molecule has 0 aliphatic carbocycles. The van der Waals surface area contributed by atoms with Crippen molar-refractivity contribution in [2.24, 2.45) is 11.8 Å². The summed E-state index contributed by atoms with van der Waals surface area (Å²) in [5.41, 5.74) is 0.308. The highest BCUT2D eigenvalue weighted by atomic mass is 35.5. The third-order valence-electron chi connectivity index (χ3n) is 3.72. The van der Waals surface area contributed by atoms with Gasteiger partial charge in [-0.15, -0.1) is 0 Å². The Bertz CT molecular complexity index is 601. The first-order valence-corrected chi connectivity index (χ1v) is 8.29. The van der Waals surface area contributed by atoms with Gasteiger partial charge in [-0.3, -0.25) is 14.5 Å². The van der Waals surface area contributed by atoms with Gasteiger partial charge in [0.1, 0.15) is 0 Å². The number of nitrogens with one attached hydrogen (secondary N) is 1. The molecule has 2 rings (SSSR count). The highest BCUT2D eigenvalue weighted by Crippen LogP contribution is 2.33. The topological polar surface area (TPSA) is 69.6 Å². The molecule has 1 amide bonds. The molecule has 2 unspecified atom stereocenters. The molecule has 1 heterocycles. The summed E-state index contributed by atoms with van der Waals surface area (Å²) >= 11 is 17.9. The number of piperidine rings is 1. The average molecular weight is 380 g/mol. The van der Waals surface area contributed by atoms with Crippen LogP contribution in [0.1, 0.15) is 13.3 Å². The summed E-state index contributed by atoms with van der Waals surface area (Å²) < 4.78 is 0. The zero-order chi connectivity index (χ0) is 17.1. The van der Waals surface area contributed by atoms with E-state index in [0.29, 0.717) is 30.2 Å². The van der Waals surface area contributed by atoms with Crippen LogP contribution in [-0.2, 0) is 9.59 Å². The number of anilines is 1. The summed E-state index contributed by atoms with van der Waals surface area (Å²) in [7, 11) is 0. The molecule has 126 valence electrons. The molecule has 1 fully saturated rings. The number of carboxylic acid groups (broad SMARTS) is 1. The Labute approximate surface area is 149 Å². The van der Waals surface area contributed by atoms with Crippen LogP contribution in [0.3, 0.4) is 0 Å². The molecule has 1 saturated heterocycles. The Kier molecular flexibility index (Phi) is 6.14. The fourth-order valence-electron chi connectivity index (χ4n) is 2.81. The van der Waals surface area contributed by atoms with Crippen molar-refractivity contribution in [3.05, 3.63) is 27.2 Å². The van der Waals surface area contributed by atoms with Crippen LogP contribution in [0.15, 0.2) is 12.1 Å². The minimum atomic E-state index is -0.828. The van der Waals surface area contributed by atoms with Crippen molar-refractivity contribution in [2.45, 2.75) is 13.3 Å². The van der Waals surface area contributed by atoms with Crippen molar-refractivity contribution in [1.29, 1.82) is 0 Å². The number of aliphatic carboxylic acids is 1. The van der Waals surface area contributed by atoms with Gasteiger partial charge in [-0.05, 0) is 24.5 Å². The highest BCUT2D eigenvalue weighted by molar-refractivity contribution is 6.42. The van der Waals surface area contributed by atoms with E-state index < -0.39 is 11.9 Å². The molecular formula is C15H17Cl3N2O3. The van der Waals surface area contributed by atoms with E-state index in [4.69, 9.17) is 39.9 Å². The zero-order valence-electron chi connectivity index (χ0n) is 12.5. The maximum absolute atomic E-state index is 12.2. The van der Waals surface area contributed by atoms with Crippen LogP contribution in [0.5, 0.6) is 0 Å². The quantitative estimate of drug-likeness (QED) is 0.838. The Morgan fingerprint density at radius 3 is 2.43 bits per heavy atom. The van der Waals surface area contributed by atoms with Crippen LogP contribution < -0.4 is 5.32 Å². The standard InChI is InChI=1S/C15H17Cl3N2O3/c1-8-2-9(15(22)23)6-20(5-8)7-13(21)19-14-11(17)3-10(16)4-12(14)18/h3-4,8-9H,2,5-7H2,1H3,(H,19,21)(H,22,23). The van der Waals surface area contributed by atoms with Crippen LogP contribution in [0.4, 0.5) is 5.69 Å². The van der Waals surface area contributed by atoms with Crippen LogP contribution in [-0.4, -0.2) is 41.5 Å². The first-order chi connectivity index (χ1) is 10.8. The molecule has 0 aromatic heterocycles. The fourth-order valence-corrected chi connectivity index (χ4v) is 3.72. The third-order valence-corrected chi connectivity index (χ3v) is 4.54. The summed E-state index contributed by atoms with van der Waals surface area (Å²) in [6.45, 7) is 3.10. The maximum atomic E-state index is 12.2. The molecule has 0 radical (unpaired) electrons. The van der Waals surface area contributed by atoms with Crippen molar-refractivity contribution in [2.75, 3.05) is 25.0 Å². The van der Waals surface area contributed by atoms with E-state index in [1.54, 1.807) is 0 Å². The first-order valence-electron chi connectivity index (χ1n) is 7.15. The minimum absolute atomic E-state index is 0.0867. The molecule has 0 spiro atoms. The average Bonchev–Trinajstić information content (AvgIpc) is 2.42. The minimum Gasteiger partial charge on any atom is -0.481 e. The SMILES string of the molecule is CC1CC(C(=O)O)CN(CC(=O)Nc2c(Cl)cc(Cl)cc2Cl)C1. The molecule has 1 aliphatic rings. The number of benzene rings is 1. The second kappa shape index (κ2) is 7.71. The lowest BCUT2D eigenvalue weighted by Gasteiger charge is -2.34. The number of amides is 1. The molecular weight excluding hydrogens is 363 g/mol. The second-order valence-corrected chi connectivity index (χ2v) is 7.11. The number of carboxylic acids is 1. The van der Waals surface area contributed by atoms with Crippen LogP contribution in [0, 0.1) is 11.8 Å². The molecule has 1 aromatic rings. The number of halogens is 3. The highest BCUT2D eigenvalue weighted by Gasteiger charge is 2.30. The van der Waals surface area contributed by atoms with Crippen molar-refractivity contribution in [3.63, 3.8) is 0 Å². The molecule has 1 aliphatic heterocycles. The smallest absolute Gasteiger partial charge is 0.307 e. The number of rotatable bonds is 4. The summed E-state index contributed by atoms with van der Waals surface area (Å²) in [6, 6.07) is 2.99. The monoisotopic (exact) mass is 378 g/mol. The molecule has 1 aromatic carbocycles. The number of nitrogens with zero attached hydrogens (tertiary/aromatic N) is 1. The van der Waals surface area contributed by atoms with Crippen molar-refractivity contribution >= 4 is 52.4 Å². The van der Waals surface area contributed by atoms with E-state index in [2.05, 4.69) is 5.32 Å². The second-order valence-electron chi connectivity index (χ2n) is 5.86. The van der Waals surface area contributed by atoms with Gasteiger partial charge in [-0.2, -0.15) is 0 Å². The lowest BCUT2D eigenvalue weighted by molar-refractivity contribution is -0.144. The molecule has 0 saturated carbocycles. The van der Waals surface area contributed by atoms with Gasteiger partial charge in [0.25, 0.3) is 0 Å². The molecule has 8 heteroatoms. The summed E-state index contributed by atoms with van der Waals surface area (Å²) in [5.74, 6) is -1.35. The summed E-state index contributed by atoms with van der Waals surface area (Å²) in [5, 5.41) is 12.7. The Balaban J connectivity index is 2.01. The largest absolute Gasteiger partial charge is 0.481 e. The first kappa shape index (κ1) is 18.3. The molecule has 23 heavy (non-hydrogen) atoms. The Morgan fingerprint density at radius 2 is 1.87 bits per heavy atom. The predicted octanol–water partition coefficient (Wildman–Crippen LogP) is 3.63. The number of likely N-dealkylation sites (tertiary alicyclic amines) is 1. The van der Waals surface area contributed by atoms with Crippen LogP contribution in [0.2, 0.25) is 15.1 Å². The number of hydrogen-bond donors (Lipinski definition) is 2. The normalized spacial score (nSPS) is 21.9. The third kappa shape index (κ3) is 4.98. The van der Waals surface area contributed by atoms with Crippen molar-refractivity contribution < 1.29 is 14.7 Å². The zero-order valence-corrected chi connectivity index (χ0v) is 14.8. The summed E-state index contributed by atoms with van der Waals surface area (Å²) in [4.78, 5) is 25.2. The summed E-state index contributed by atoms with van der Waals surface area (Å²) in [6.07, 6.45) is 0.627. The van der Waals surface area contributed by atoms with E-state index in [0.717, 1.165) is 0 Å². The van der Waals surface area contributed by atoms with Gasteiger partial charge in [0.2, 0.25) is 5.91 Å². The van der Waals surface area contributed by atoms with Crippen LogP contribution in [0.25, 0.3) is 0 Å². The molecule has 2 N–H and O–H groups in total. The number of carbonyl (C=O) groups is 2. The van der Waals surface area contributed by atoms with E-state index in [1.165, 1.54) is 12.1 Å². The van der Waals surface area contributed by atoms with Gasteiger partial charge >= 0.3 is 5.97 Å². The Hall–Kier alpha value is -1.01. The van der Waals surface area contributed by atoms with Crippen molar-refractivity contribution in [1.82, 2.24) is 4.90 Å². The molecule has 0 bridgehead atoms. The van der Waals surface area contributed by atoms with Gasteiger partial charge in [0.15, 0.2) is 0 Å². The van der Waals surface area contributed by atoms with Crippen LogP contribution >= 0.6 is 34.8 Å². The Morgan fingerprint density at radius 1 is 1.26 bits per heavy atom. The van der Waals surface area contributed by atoms with Gasteiger partial charge < -0.3 is 10.4 Å². The number of carbonyl (C=O) groups excluding carboxylic acids is 1. The number of hydrogen-bond acceptors (Lipinski definition) is 3. The van der Waals surface area contributed by atoms with E-state index >= 15 is 0 Å². The molecule has 5 nitrogen and oxygen atoms in total. The van der Waals surface area contributed by atoms with Gasteiger partial charge in [0.05, 0.1) is 28.2 Å². The fraction of sp³-hybridized carbons (Fsp3) is 0.467. The van der Waals surface area contributed by atoms with E-state index in [1.807, 2.05) is 11.8 Å².